The fraction of sp³-hybridized carbons (Fsp3) is 0.667. The van der Waals surface area contributed by atoms with Crippen LogP contribution in [0.5, 0.6) is 0 Å². The quantitative estimate of drug-likeness (QED) is 0.838. The third-order valence-corrected chi connectivity index (χ3v) is 6.52. The van der Waals surface area contributed by atoms with Crippen LogP contribution in [0.4, 0.5) is 0 Å². The van der Waals surface area contributed by atoms with Gasteiger partial charge in [-0.2, -0.15) is 0 Å². The monoisotopic (exact) mass is 385 g/mol. The summed E-state index contributed by atoms with van der Waals surface area (Å²) < 4.78 is 0. The molecule has 1 aliphatic heterocycles. The Kier molecular flexibility index (Phi) is 6.51. The fourth-order valence-corrected chi connectivity index (χ4v) is 4.71. The number of fused-ring (bicyclic) bond motifs is 1. The Labute approximate surface area is 159 Å². The Balaban J connectivity index is 0.00000225. The largest absolute Gasteiger partial charge is 0.342 e. The third kappa shape index (κ3) is 4.54. The second kappa shape index (κ2) is 8.06. The molecule has 2 heterocycles. The number of hydrogen-bond acceptors (Lipinski definition) is 4. The van der Waals surface area contributed by atoms with E-state index < -0.39 is 0 Å². The lowest BCUT2D eigenvalue weighted by Crippen LogP contribution is -2.55. The summed E-state index contributed by atoms with van der Waals surface area (Å²) in [4.78, 5) is 28.6. The van der Waals surface area contributed by atoms with Gasteiger partial charge in [-0.15, -0.1) is 23.7 Å². The maximum atomic E-state index is 12.4. The lowest BCUT2D eigenvalue weighted by atomic mass is 9.79. The molecule has 1 unspecified atom stereocenters. The van der Waals surface area contributed by atoms with Crippen LogP contribution in [0.25, 0.3) is 0 Å². The molecule has 7 heteroatoms. The van der Waals surface area contributed by atoms with Gasteiger partial charge in [0.05, 0.1) is 11.4 Å². The highest BCUT2D eigenvalue weighted by Gasteiger charge is 2.35. The molecule has 5 nitrogen and oxygen atoms in total. The molecule has 0 bridgehead atoms. The van der Waals surface area contributed by atoms with Crippen molar-refractivity contribution in [1.29, 1.82) is 0 Å². The van der Waals surface area contributed by atoms with Crippen molar-refractivity contribution in [2.24, 2.45) is 11.1 Å². The molecule has 2 amide bonds. The number of likely N-dealkylation sites (tertiary alicyclic amines) is 1. The molecule has 0 radical (unpaired) electrons. The standard InChI is InChI=1S/C18H27N3O2S.ClH/c1-18(2)11-21(8-7-15(18)19)16(22)10-20-17(23)14-9-12-5-3-4-6-13(12)24-14;/h9,15H,3-8,10-11,19H2,1-2H3,(H,20,23);1H. The number of carbonyl (C=O) groups is 2. The number of carbonyl (C=O) groups excluding carboxylic acids is 2. The van der Waals surface area contributed by atoms with Gasteiger partial charge in [0.25, 0.3) is 5.91 Å². The first-order chi connectivity index (χ1) is 11.4. The van der Waals surface area contributed by atoms with E-state index >= 15 is 0 Å². The first kappa shape index (κ1) is 20.2. The van der Waals surface area contributed by atoms with E-state index in [1.165, 1.54) is 23.3 Å². The molecule has 1 aromatic heterocycles. The minimum Gasteiger partial charge on any atom is -0.342 e. The van der Waals surface area contributed by atoms with Crippen molar-refractivity contribution >= 4 is 35.6 Å². The van der Waals surface area contributed by atoms with Gasteiger partial charge in [-0.1, -0.05) is 13.8 Å². The van der Waals surface area contributed by atoms with Crippen LogP contribution in [0.2, 0.25) is 0 Å². The first-order valence-corrected chi connectivity index (χ1v) is 9.61. The Morgan fingerprint density at radius 1 is 1.36 bits per heavy atom. The summed E-state index contributed by atoms with van der Waals surface area (Å²) in [6.45, 7) is 5.56. The van der Waals surface area contributed by atoms with E-state index in [1.807, 2.05) is 11.0 Å². The maximum Gasteiger partial charge on any atom is 0.261 e. The molecule has 3 rings (SSSR count). The SMILES string of the molecule is CC1(C)CN(C(=O)CNC(=O)c2cc3c(s2)CCCC3)CCC1N.Cl. The molecule has 1 fully saturated rings. The fourth-order valence-electron chi connectivity index (χ4n) is 3.54. The van der Waals surface area contributed by atoms with E-state index in [2.05, 4.69) is 19.2 Å². The Morgan fingerprint density at radius 2 is 2.08 bits per heavy atom. The molecule has 140 valence electrons. The van der Waals surface area contributed by atoms with Gasteiger partial charge in [0.2, 0.25) is 5.91 Å². The molecule has 1 aromatic rings. The minimum absolute atomic E-state index is 0. The summed E-state index contributed by atoms with van der Waals surface area (Å²) in [5.74, 6) is -0.152. The van der Waals surface area contributed by atoms with Crippen LogP contribution in [0.15, 0.2) is 6.07 Å². The normalized spacial score (nSPS) is 21.9. The highest BCUT2D eigenvalue weighted by molar-refractivity contribution is 7.14. The average molecular weight is 386 g/mol. The number of nitrogens with two attached hydrogens (primary N) is 1. The zero-order valence-electron chi connectivity index (χ0n) is 15.0. The van der Waals surface area contributed by atoms with Crippen molar-refractivity contribution in [2.75, 3.05) is 19.6 Å². The van der Waals surface area contributed by atoms with E-state index in [9.17, 15) is 9.59 Å². The topological polar surface area (TPSA) is 75.4 Å². The lowest BCUT2D eigenvalue weighted by molar-refractivity contribution is -0.133. The summed E-state index contributed by atoms with van der Waals surface area (Å²) in [5.41, 5.74) is 7.35. The number of nitrogens with one attached hydrogen (secondary N) is 1. The summed E-state index contributed by atoms with van der Waals surface area (Å²) in [5, 5.41) is 2.79. The zero-order chi connectivity index (χ0) is 17.3. The van der Waals surface area contributed by atoms with E-state index in [1.54, 1.807) is 11.3 Å². The number of amides is 2. The van der Waals surface area contributed by atoms with Gasteiger partial charge < -0.3 is 16.0 Å². The van der Waals surface area contributed by atoms with Crippen molar-refractivity contribution in [3.05, 3.63) is 21.4 Å². The van der Waals surface area contributed by atoms with Gasteiger partial charge in [0, 0.05) is 24.0 Å². The van der Waals surface area contributed by atoms with Crippen LogP contribution < -0.4 is 11.1 Å². The molecule has 1 aliphatic carbocycles. The van der Waals surface area contributed by atoms with Crippen molar-refractivity contribution in [3.8, 4) is 0 Å². The predicted molar refractivity (Wildman–Crippen MR) is 103 cm³/mol. The highest BCUT2D eigenvalue weighted by atomic mass is 35.5. The summed E-state index contributed by atoms with van der Waals surface area (Å²) in [6, 6.07) is 2.12. The Hall–Kier alpha value is -1.11. The smallest absolute Gasteiger partial charge is 0.261 e. The molecule has 1 atom stereocenters. The summed E-state index contributed by atoms with van der Waals surface area (Å²) in [7, 11) is 0. The van der Waals surface area contributed by atoms with Gasteiger partial charge in [0.15, 0.2) is 0 Å². The molecule has 0 aromatic carbocycles. The molecular weight excluding hydrogens is 358 g/mol. The number of aryl methyl sites for hydroxylation is 2. The van der Waals surface area contributed by atoms with Crippen LogP contribution in [-0.4, -0.2) is 42.4 Å². The zero-order valence-corrected chi connectivity index (χ0v) is 16.6. The molecule has 2 aliphatic rings. The molecule has 0 spiro atoms. The molecule has 1 saturated heterocycles. The van der Waals surface area contributed by atoms with Gasteiger partial charge in [-0.3, -0.25) is 9.59 Å². The number of thiophene rings is 1. The number of rotatable bonds is 3. The van der Waals surface area contributed by atoms with Crippen LogP contribution in [0.3, 0.4) is 0 Å². The van der Waals surface area contributed by atoms with Crippen LogP contribution in [0, 0.1) is 5.41 Å². The van der Waals surface area contributed by atoms with Crippen LogP contribution >= 0.6 is 23.7 Å². The van der Waals surface area contributed by atoms with Crippen molar-refractivity contribution in [3.63, 3.8) is 0 Å². The van der Waals surface area contributed by atoms with Gasteiger partial charge in [-0.25, -0.2) is 0 Å². The highest BCUT2D eigenvalue weighted by Crippen LogP contribution is 2.30. The average Bonchev–Trinajstić information content (AvgIpc) is 2.99. The summed E-state index contributed by atoms with van der Waals surface area (Å²) in [6.07, 6.45) is 5.37. The number of piperidine rings is 1. The van der Waals surface area contributed by atoms with E-state index in [0.29, 0.717) is 13.1 Å². The molecule has 3 N–H and O–H groups in total. The Morgan fingerprint density at radius 3 is 2.76 bits per heavy atom. The molecular formula is C18H28ClN3O2S. The van der Waals surface area contributed by atoms with Gasteiger partial charge in [0.1, 0.15) is 0 Å². The van der Waals surface area contributed by atoms with E-state index in [-0.39, 0.29) is 42.2 Å². The number of hydrogen-bond donors (Lipinski definition) is 2. The maximum absolute atomic E-state index is 12.4. The Bertz CT molecular complexity index is 621. The van der Waals surface area contributed by atoms with E-state index in [0.717, 1.165) is 24.1 Å². The second-order valence-corrected chi connectivity index (χ2v) is 8.78. The third-order valence-electron chi connectivity index (χ3n) is 5.29. The minimum atomic E-state index is -0.129. The number of halogens is 1. The molecule has 0 saturated carbocycles. The first-order valence-electron chi connectivity index (χ1n) is 8.80. The number of nitrogens with zero attached hydrogens (tertiary/aromatic N) is 1. The van der Waals surface area contributed by atoms with Crippen molar-refractivity contribution in [1.82, 2.24) is 10.2 Å². The van der Waals surface area contributed by atoms with Crippen LogP contribution in [-0.2, 0) is 17.6 Å². The van der Waals surface area contributed by atoms with Crippen LogP contribution in [0.1, 0.15) is 53.2 Å². The van der Waals surface area contributed by atoms with Crippen molar-refractivity contribution in [2.45, 2.75) is 52.0 Å². The van der Waals surface area contributed by atoms with Gasteiger partial charge >= 0.3 is 0 Å². The van der Waals surface area contributed by atoms with Crippen molar-refractivity contribution < 1.29 is 9.59 Å². The van der Waals surface area contributed by atoms with E-state index in [4.69, 9.17) is 5.73 Å². The molecule has 25 heavy (non-hydrogen) atoms. The second-order valence-electron chi connectivity index (χ2n) is 7.65. The van der Waals surface area contributed by atoms with Gasteiger partial charge in [-0.05, 0) is 49.1 Å². The lowest BCUT2D eigenvalue weighted by Gasteiger charge is -2.42. The predicted octanol–water partition coefficient (Wildman–Crippen LogP) is 2.36. The summed E-state index contributed by atoms with van der Waals surface area (Å²) >= 11 is 1.58.